The lowest BCUT2D eigenvalue weighted by atomic mass is 10.2. The van der Waals surface area contributed by atoms with Crippen LogP contribution >= 0.6 is 0 Å². The van der Waals surface area contributed by atoms with Crippen molar-refractivity contribution in [3.05, 3.63) is 0 Å². The fourth-order valence-electron chi connectivity index (χ4n) is 2.35. The van der Waals surface area contributed by atoms with E-state index < -0.39 is 8.56 Å². The highest BCUT2D eigenvalue weighted by Gasteiger charge is 2.42. The van der Waals surface area contributed by atoms with Crippen molar-refractivity contribution in [2.75, 3.05) is 20.8 Å². The molecule has 0 aliphatic heterocycles. The first kappa shape index (κ1) is 16.1. The van der Waals surface area contributed by atoms with Gasteiger partial charge in [-0.2, -0.15) is 0 Å². The van der Waals surface area contributed by atoms with E-state index in [0.717, 1.165) is 31.9 Å². The van der Waals surface area contributed by atoms with Gasteiger partial charge in [0, 0.05) is 19.8 Å². The van der Waals surface area contributed by atoms with Crippen LogP contribution < -0.4 is 5.73 Å². The lowest BCUT2D eigenvalue weighted by Gasteiger charge is -2.34. The van der Waals surface area contributed by atoms with Gasteiger partial charge >= 0.3 is 8.56 Å². The Kier molecular flexibility index (Phi) is 9.22. The quantitative estimate of drug-likeness (QED) is 0.604. The SMILES string of the molecule is CCCC[Si](OC)(OC)C(CC)CCCN. The van der Waals surface area contributed by atoms with Crippen LogP contribution in [0.2, 0.25) is 11.6 Å². The van der Waals surface area contributed by atoms with Gasteiger partial charge in [-0.15, -0.1) is 0 Å². The normalized spacial score (nSPS) is 14.1. The first-order chi connectivity index (χ1) is 7.70. The Hall–Kier alpha value is 0.0969. The highest BCUT2D eigenvalue weighted by Crippen LogP contribution is 2.35. The molecule has 0 aromatic rings. The van der Waals surface area contributed by atoms with Gasteiger partial charge < -0.3 is 14.6 Å². The van der Waals surface area contributed by atoms with Crippen molar-refractivity contribution in [2.45, 2.75) is 57.5 Å². The largest absolute Gasteiger partial charge is 0.397 e. The summed E-state index contributed by atoms with van der Waals surface area (Å²) in [6.45, 7) is 5.21. The average Bonchev–Trinajstić information content (AvgIpc) is 2.34. The second-order valence-electron chi connectivity index (χ2n) is 4.36. The minimum atomic E-state index is -1.99. The van der Waals surface area contributed by atoms with E-state index in [1.807, 2.05) is 14.2 Å². The lowest BCUT2D eigenvalue weighted by molar-refractivity contribution is 0.222. The number of rotatable bonds is 10. The van der Waals surface area contributed by atoms with Crippen LogP contribution in [0, 0.1) is 0 Å². The zero-order valence-corrected chi connectivity index (χ0v) is 12.4. The molecule has 2 N–H and O–H groups in total. The molecular weight excluding hydrogens is 218 g/mol. The van der Waals surface area contributed by atoms with Crippen LogP contribution in [0.5, 0.6) is 0 Å². The monoisotopic (exact) mass is 247 g/mol. The van der Waals surface area contributed by atoms with Crippen LogP contribution in [-0.4, -0.2) is 29.3 Å². The van der Waals surface area contributed by atoms with Crippen LogP contribution in [-0.2, 0) is 8.85 Å². The lowest BCUT2D eigenvalue weighted by Crippen LogP contribution is -2.45. The second-order valence-corrected chi connectivity index (χ2v) is 8.12. The Bertz CT molecular complexity index is 163. The topological polar surface area (TPSA) is 44.5 Å². The molecule has 0 saturated heterocycles. The van der Waals surface area contributed by atoms with Crippen molar-refractivity contribution in [1.29, 1.82) is 0 Å². The van der Waals surface area contributed by atoms with E-state index >= 15 is 0 Å². The van der Waals surface area contributed by atoms with E-state index in [2.05, 4.69) is 13.8 Å². The summed E-state index contributed by atoms with van der Waals surface area (Å²) in [7, 11) is 1.65. The van der Waals surface area contributed by atoms with Crippen LogP contribution in [0.3, 0.4) is 0 Å². The molecule has 98 valence electrons. The van der Waals surface area contributed by atoms with Gasteiger partial charge in [0.05, 0.1) is 0 Å². The minimum Gasteiger partial charge on any atom is -0.397 e. The van der Waals surface area contributed by atoms with Gasteiger partial charge in [-0.3, -0.25) is 0 Å². The second kappa shape index (κ2) is 9.16. The van der Waals surface area contributed by atoms with Gasteiger partial charge in [0.15, 0.2) is 0 Å². The van der Waals surface area contributed by atoms with Crippen molar-refractivity contribution < 1.29 is 8.85 Å². The summed E-state index contributed by atoms with van der Waals surface area (Å²) < 4.78 is 11.6. The predicted octanol–water partition coefficient (Wildman–Crippen LogP) is 3.04. The number of nitrogens with two attached hydrogens (primary N) is 1. The maximum atomic E-state index is 5.82. The van der Waals surface area contributed by atoms with Crippen LogP contribution in [0.1, 0.15) is 46.0 Å². The molecule has 1 unspecified atom stereocenters. The summed E-state index contributed by atoms with van der Waals surface area (Å²) in [6.07, 6.45) is 5.76. The third-order valence-corrected chi connectivity index (χ3v) is 7.81. The molecular formula is C12H29NO2Si. The molecule has 0 rings (SSSR count). The predicted molar refractivity (Wildman–Crippen MR) is 71.8 cm³/mol. The van der Waals surface area contributed by atoms with Crippen molar-refractivity contribution >= 4 is 8.56 Å². The summed E-state index contributed by atoms with van der Waals surface area (Å²) >= 11 is 0. The molecule has 0 spiro atoms. The highest BCUT2D eigenvalue weighted by molar-refractivity contribution is 6.68. The fraction of sp³-hybridized carbons (Fsp3) is 1.00. The summed E-state index contributed by atoms with van der Waals surface area (Å²) in [4.78, 5) is 0. The third kappa shape index (κ3) is 4.53. The van der Waals surface area contributed by atoms with Gasteiger partial charge in [0.2, 0.25) is 0 Å². The van der Waals surface area contributed by atoms with E-state index in [0.29, 0.717) is 5.54 Å². The van der Waals surface area contributed by atoms with Gasteiger partial charge in [0.25, 0.3) is 0 Å². The molecule has 0 radical (unpaired) electrons. The maximum absolute atomic E-state index is 5.82. The average molecular weight is 247 g/mol. The molecule has 0 bridgehead atoms. The smallest absolute Gasteiger partial charge is 0.340 e. The van der Waals surface area contributed by atoms with Crippen molar-refractivity contribution in [3.8, 4) is 0 Å². The molecule has 0 heterocycles. The molecule has 0 aliphatic rings. The van der Waals surface area contributed by atoms with E-state index in [1.165, 1.54) is 12.8 Å². The van der Waals surface area contributed by atoms with Crippen LogP contribution in [0.15, 0.2) is 0 Å². The Morgan fingerprint density at radius 1 is 1.12 bits per heavy atom. The van der Waals surface area contributed by atoms with Gasteiger partial charge in [0.1, 0.15) is 0 Å². The Balaban J connectivity index is 4.53. The van der Waals surface area contributed by atoms with Crippen molar-refractivity contribution in [2.24, 2.45) is 5.73 Å². The molecule has 0 aromatic carbocycles. The van der Waals surface area contributed by atoms with Gasteiger partial charge in [-0.25, -0.2) is 0 Å². The third-order valence-electron chi connectivity index (χ3n) is 3.44. The molecule has 0 aromatic heterocycles. The number of hydrogen-bond acceptors (Lipinski definition) is 3. The Morgan fingerprint density at radius 2 is 1.75 bits per heavy atom. The molecule has 1 atom stereocenters. The number of hydrogen-bond donors (Lipinski definition) is 1. The Labute approximate surface area is 102 Å². The van der Waals surface area contributed by atoms with Crippen LogP contribution in [0.25, 0.3) is 0 Å². The first-order valence-electron chi connectivity index (χ1n) is 6.51. The standard InChI is InChI=1S/C12H29NO2Si/c1-5-7-11-16(14-3,15-4)12(6-2)9-8-10-13/h12H,5-11,13H2,1-4H3. The molecule has 0 aliphatic carbocycles. The summed E-state index contributed by atoms with van der Waals surface area (Å²) in [5.41, 5.74) is 6.17. The molecule has 0 fully saturated rings. The number of unbranched alkanes of at least 4 members (excludes halogenated alkanes) is 1. The molecule has 4 heteroatoms. The summed E-state index contributed by atoms with van der Waals surface area (Å²) in [6, 6.07) is 1.11. The van der Waals surface area contributed by atoms with E-state index in [1.54, 1.807) is 0 Å². The van der Waals surface area contributed by atoms with E-state index in [9.17, 15) is 0 Å². The maximum Gasteiger partial charge on any atom is 0.340 e. The molecule has 0 amide bonds. The van der Waals surface area contributed by atoms with Crippen molar-refractivity contribution in [1.82, 2.24) is 0 Å². The molecule has 16 heavy (non-hydrogen) atoms. The van der Waals surface area contributed by atoms with Gasteiger partial charge in [-0.05, 0) is 25.4 Å². The Morgan fingerprint density at radius 3 is 2.12 bits per heavy atom. The molecule has 0 saturated carbocycles. The zero-order valence-electron chi connectivity index (χ0n) is 11.4. The summed E-state index contributed by atoms with van der Waals surface area (Å²) in [5, 5.41) is 0. The van der Waals surface area contributed by atoms with Crippen LogP contribution in [0.4, 0.5) is 0 Å². The van der Waals surface area contributed by atoms with Gasteiger partial charge in [-0.1, -0.05) is 33.1 Å². The summed E-state index contributed by atoms with van der Waals surface area (Å²) in [5.74, 6) is 0. The highest BCUT2D eigenvalue weighted by atomic mass is 28.4. The first-order valence-corrected chi connectivity index (χ1v) is 8.61. The van der Waals surface area contributed by atoms with E-state index in [4.69, 9.17) is 14.6 Å². The minimum absolute atomic E-state index is 0.581. The molecule has 3 nitrogen and oxygen atoms in total. The van der Waals surface area contributed by atoms with E-state index in [-0.39, 0.29) is 0 Å². The van der Waals surface area contributed by atoms with Crippen molar-refractivity contribution in [3.63, 3.8) is 0 Å². The fourth-order valence-corrected chi connectivity index (χ4v) is 6.11. The zero-order chi connectivity index (χ0) is 12.4.